The van der Waals surface area contributed by atoms with Crippen molar-refractivity contribution in [1.29, 1.82) is 0 Å². The topological polar surface area (TPSA) is 42.0 Å². The molecule has 1 N–H and O–H groups in total. The smallest absolute Gasteiger partial charge is 0.224 e. The Morgan fingerprint density at radius 2 is 2.17 bits per heavy atom. The standard InChI is InChI=1S/C14H21ClN2O/c1-10(9-14(2,3)4)7-13(18)17-11-5-6-16-12(15)8-11/h5-6,8,10H,7,9H2,1-4H3,(H,16,17,18). The minimum absolute atomic E-state index is 0.0222. The third kappa shape index (κ3) is 6.01. The summed E-state index contributed by atoms with van der Waals surface area (Å²) >= 11 is 5.76. The normalized spacial score (nSPS) is 13.2. The highest BCUT2D eigenvalue weighted by Crippen LogP contribution is 2.26. The highest BCUT2D eigenvalue weighted by atomic mass is 35.5. The number of anilines is 1. The molecule has 0 radical (unpaired) electrons. The van der Waals surface area contributed by atoms with Crippen molar-refractivity contribution in [3.8, 4) is 0 Å². The summed E-state index contributed by atoms with van der Waals surface area (Å²) in [5.74, 6) is 0.385. The maximum absolute atomic E-state index is 11.8. The van der Waals surface area contributed by atoms with Gasteiger partial charge in [-0.2, -0.15) is 0 Å². The Balaban J connectivity index is 2.47. The zero-order valence-corrected chi connectivity index (χ0v) is 12.2. The van der Waals surface area contributed by atoms with E-state index >= 15 is 0 Å². The Hall–Kier alpha value is -1.09. The fraction of sp³-hybridized carbons (Fsp3) is 0.571. The Labute approximate surface area is 114 Å². The number of carbonyl (C=O) groups is 1. The van der Waals surface area contributed by atoms with Crippen LogP contribution in [0.15, 0.2) is 18.3 Å². The zero-order chi connectivity index (χ0) is 13.8. The predicted molar refractivity (Wildman–Crippen MR) is 75.7 cm³/mol. The lowest BCUT2D eigenvalue weighted by Gasteiger charge is -2.22. The van der Waals surface area contributed by atoms with Crippen molar-refractivity contribution in [3.05, 3.63) is 23.5 Å². The van der Waals surface area contributed by atoms with Crippen molar-refractivity contribution >= 4 is 23.2 Å². The summed E-state index contributed by atoms with van der Waals surface area (Å²) in [7, 11) is 0. The number of nitrogens with one attached hydrogen (secondary N) is 1. The van der Waals surface area contributed by atoms with E-state index in [2.05, 4.69) is 38.0 Å². The molecule has 4 heteroatoms. The first-order valence-electron chi connectivity index (χ1n) is 6.18. The third-order valence-corrected chi connectivity index (χ3v) is 2.71. The van der Waals surface area contributed by atoms with Crippen LogP contribution in [0, 0.1) is 11.3 Å². The van der Waals surface area contributed by atoms with Crippen LogP contribution in [0.3, 0.4) is 0 Å². The van der Waals surface area contributed by atoms with Crippen molar-refractivity contribution < 1.29 is 4.79 Å². The van der Waals surface area contributed by atoms with Gasteiger partial charge in [-0.15, -0.1) is 0 Å². The van der Waals surface area contributed by atoms with E-state index in [-0.39, 0.29) is 11.3 Å². The van der Waals surface area contributed by atoms with E-state index in [1.165, 1.54) is 0 Å². The van der Waals surface area contributed by atoms with Gasteiger partial charge in [-0.3, -0.25) is 4.79 Å². The van der Waals surface area contributed by atoms with Crippen molar-refractivity contribution in [2.75, 3.05) is 5.32 Å². The average molecular weight is 269 g/mol. The van der Waals surface area contributed by atoms with E-state index in [0.29, 0.717) is 23.2 Å². The van der Waals surface area contributed by atoms with Crippen molar-refractivity contribution in [2.24, 2.45) is 11.3 Å². The molecule has 1 aromatic rings. The van der Waals surface area contributed by atoms with Gasteiger partial charge in [0.15, 0.2) is 0 Å². The zero-order valence-electron chi connectivity index (χ0n) is 11.5. The number of carbonyl (C=O) groups excluding carboxylic acids is 1. The first-order chi connectivity index (χ1) is 8.26. The first kappa shape index (κ1) is 15.0. The second kappa shape index (κ2) is 6.19. The number of aromatic nitrogens is 1. The Morgan fingerprint density at radius 1 is 1.50 bits per heavy atom. The van der Waals surface area contributed by atoms with E-state index in [1.807, 2.05) is 0 Å². The highest BCUT2D eigenvalue weighted by Gasteiger charge is 2.17. The molecule has 18 heavy (non-hydrogen) atoms. The van der Waals surface area contributed by atoms with Crippen molar-refractivity contribution in [3.63, 3.8) is 0 Å². The molecule has 0 saturated heterocycles. The molecule has 0 aliphatic rings. The molecule has 0 saturated carbocycles. The maximum Gasteiger partial charge on any atom is 0.224 e. The van der Waals surface area contributed by atoms with Crippen LogP contribution in [-0.2, 0) is 4.79 Å². The van der Waals surface area contributed by atoms with E-state index < -0.39 is 0 Å². The number of halogens is 1. The first-order valence-corrected chi connectivity index (χ1v) is 6.55. The Kier molecular flexibility index (Phi) is 5.15. The van der Waals surface area contributed by atoms with Crippen LogP contribution < -0.4 is 5.32 Å². The lowest BCUT2D eigenvalue weighted by Crippen LogP contribution is -2.18. The van der Waals surface area contributed by atoms with Crippen LogP contribution >= 0.6 is 11.6 Å². The van der Waals surface area contributed by atoms with Crippen LogP contribution in [0.25, 0.3) is 0 Å². The summed E-state index contributed by atoms with van der Waals surface area (Å²) in [6.45, 7) is 8.66. The van der Waals surface area contributed by atoms with E-state index in [4.69, 9.17) is 11.6 Å². The molecule has 1 rings (SSSR count). The summed E-state index contributed by atoms with van der Waals surface area (Å²) in [4.78, 5) is 15.7. The molecule has 0 aliphatic heterocycles. The molecule has 100 valence electrons. The molecule has 1 atom stereocenters. The summed E-state index contributed by atoms with van der Waals surface area (Å²) in [6.07, 6.45) is 3.13. The molecule has 0 fully saturated rings. The van der Waals surface area contributed by atoms with E-state index in [1.54, 1.807) is 18.3 Å². The maximum atomic E-state index is 11.8. The molecule has 1 unspecified atom stereocenters. The predicted octanol–water partition coefficient (Wildman–Crippen LogP) is 4.14. The number of hydrogen-bond acceptors (Lipinski definition) is 2. The number of rotatable bonds is 4. The molecule has 1 amide bonds. The molecule has 1 aromatic heterocycles. The monoisotopic (exact) mass is 268 g/mol. The molecule has 0 aromatic carbocycles. The number of pyridine rings is 1. The second-order valence-electron chi connectivity index (χ2n) is 5.99. The van der Waals surface area contributed by atoms with Gasteiger partial charge in [0.2, 0.25) is 5.91 Å². The molecule has 3 nitrogen and oxygen atoms in total. The lowest BCUT2D eigenvalue weighted by molar-refractivity contribution is -0.117. The van der Waals surface area contributed by atoms with Gasteiger partial charge < -0.3 is 5.32 Å². The fourth-order valence-corrected chi connectivity index (χ4v) is 2.30. The van der Waals surface area contributed by atoms with Gasteiger partial charge in [-0.05, 0) is 29.9 Å². The van der Waals surface area contributed by atoms with Gasteiger partial charge in [0, 0.05) is 18.3 Å². The average Bonchev–Trinajstić information content (AvgIpc) is 2.13. The summed E-state index contributed by atoms with van der Waals surface area (Å²) in [5, 5.41) is 3.22. The van der Waals surface area contributed by atoms with Crippen molar-refractivity contribution in [1.82, 2.24) is 4.98 Å². The summed E-state index contributed by atoms with van der Waals surface area (Å²) in [5.41, 5.74) is 0.947. The Morgan fingerprint density at radius 3 is 2.72 bits per heavy atom. The molecule has 1 heterocycles. The molecule has 0 spiro atoms. The lowest BCUT2D eigenvalue weighted by atomic mass is 9.84. The third-order valence-electron chi connectivity index (χ3n) is 2.51. The molecular weight excluding hydrogens is 248 g/mol. The number of amides is 1. The Bertz CT molecular complexity index is 413. The van der Waals surface area contributed by atoms with Gasteiger partial charge in [-0.25, -0.2) is 4.98 Å². The molecular formula is C14H21ClN2O. The van der Waals surface area contributed by atoms with Crippen LogP contribution in [0.2, 0.25) is 5.15 Å². The van der Waals surface area contributed by atoms with Crippen LogP contribution in [0.4, 0.5) is 5.69 Å². The minimum Gasteiger partial charge on any atom is -0.326 e. The van der Waals surface area contributed by atoms with Crippen molar-refractivity contribution in [2.45, 2.75) is 40.5 Å². The molecule has 0 bridgehead atoms. The number of hydrogen-bond donors (Lipinski definition) is 1. The van der Waals surface area contributed by atoms with Crippen LogP contribution in [0.1, 0.15) is 40.5 Å². The van der Waals surface area contributed by atoms with E-state index in [0.717, 1.165) is 6.42 Å². The molecule has 0 aliphatic carbocycles. The highest BCUT2D eigenvalue weighted by molar-refractivity contribution is 6.29. The largest absolute Gasteiger partial charge is 0.326 e. The summed E-state index contributed by atoms with van der Waals surface area (Å²) < 4.78 is 0. The van der Waals surface area contributed by atoms with Gasteiger partial charge in [0.1, 0.15) is 5.15 Å². The van der Waals surface area contributed by atoms with Gasteiger partial charge in [0.25, 0.3) is 0 Å². The van der Waals surface area contributed by atoms with Gasteiger partial charge >= 0.3 is 0 Å². The SMILES string of the molecule is CC(CC(=O)Nc1ccnc(Cl)c1)CC(C)(C)C. The summed E-state index contributed by atoms with van der Waals surface area (Å²) in [6, 6.07) is 3.38. The van der Waals surface area contributed by atoms with Gasteiger partial charge in [0.05, 0.1) is 0 Å². The minimum atomic E-state index is 0.0222. The number of nitrogens with zero attached hydrogens (tertiary/aromatic N) is 1. The van der Waals surface area contributed by atoms with Crippen LogP contribution in [-0.4, -0.2) is 10.9 Å². The van der Waals surface area contributed by atoms with E-state index in [9.17, 15) is 4.79 Å². The quantitative estimate of drug-likeness (QED) is 0.834. The van der Waals surface area contributed by atoms with Gasteiger partial charge in [-0.1, -0.05) is 39.3 Å². The second-order valence-corrected chi connectivity index (χ2v) is 6.38. The fourth-order valence-electron chi connectivity index (χ4n) is 2.13. The van der Waals surface area contributed by atoms with Crippen LogP contribution in [0.5, 0.6) is 0 Å².